The summed E-state index contributed by atoms with van der Waals surface area (Å²) >= 11 is 5.94. The minimum atomic E-state index is -0.0284. The summed E-state index contributed by atoms with van der Waals surface area (Å²) < 4.78 is 0. The Morgan fingerprint density at radius 2 is 1.86 bits per heavy atom. The number of carbonyl (C=O) groups excluding carboxylic acids is 1. The fraction of sp³-hybridized carbons (Fsp3) is 0.222. The fourth-order valence-corrected chi connectivity index (χ4v) is 2.78. The Bertz CT molecular complexity index is 695. The van der Waals surface area contributed by atoms with Crippen molar-refractivity contribution in [2.45, 2.75) is 25.8 Å². The molecule has 0 bridgehead atoms. The van der Waals surface area contributed by atoms with Crippen molar-refractivity contribution >= 4 is 23.2 Å². The molecule has 22 heavy (non-hydrogen) atoms. The van der Waals surface area contributed by atoms with Crippen molar-refractivity contribution in [3.63, 3.8) is 0 Å². The number of nitrogens with zero attached hydrogens (tertiary/aromatic N) is 2. The third kappa shape index (κ3) is 2.90. The first-order chi connectivity index (χ1) is 10.7. The second kappa shape index (κ2) is 6.32. The van der Waals surface area contributed by atoms with E-state index in [-0.39, 0.29) is 11.9 Å². The van der Waals surface area contributed by atoms with Crippen LogP contribution in [0.4, 0.5) is 0 Å². The van der Waals surface area contributed by atoms with Crippen LogP contribution in [-0.2, 0) is 4.79 Å². The lowest BCUT2D eigenvalue weighted by molar-refractivity contribution is -0.132. The Morgan fingerprint density at radius 1 is 1.18 bits per heavy atom. The second-order valence-electron chi connectivity index (χ2n) is 5.28. The van der Waals surface area contributed by atoms with Crippen LogP contribution in [0.3, 0.4) is 0 Å². The van der Waals surface area contributed by atoms with Gasteiger partial charge in [0.25, 0.3) is 0 Å². The average Bonchev–Trinajstić information content (AvgIpc) is 3.01. The Balaban J connectivity index is 1.94. The molecular formula is C18H17ClN2O. The van der Waals surface area contributed by atoms with Crippen molar-refractivity contribution in [1.29, 1.82) is 0 Å². The zero-order chi connectivity index (χ0) is 15.5. The maximum absolute atomic E-state index is 12.2. The topological polar surface area (TPSA) is 32.7 Å². The highest BCUT2D eigenvalue weighted by atomic mass is 35.5. The standard InChI is InChI=1S/C18H17ClN2O/c1-2-18(22)21-17(14-6-4-3-5-7-14)12-16(20-21)13-8-10-15(19)11-9-13/h3-11,17H,2,12H2,1H3/t17-/m0/s1. The molecule has 0 N–H and O–H groups in total. The number of amides is 1. The van der Waals surface area contributed by atoms with Crippen LogP contribution in [-0.4, -0.2) is 16.6 Å². The third-order valence-corrected chi connectivity index (χ3v) is 4.08. The summed E-state index contributed by atoms with van der Waals surface area (Å²) in [5, 5.41) is 6.90. The number of hydrogen-bond acceptors (Lipinski definition) is 2. The van der Waals surface area contributed by atoms with Gasteiger partial charge in [-0.3, -0.25) is 4.79 Å². The first-order valence-corrected chi connectivity index (χ1v) is 7.77. The van der Waals surface area contributed by atoms with E-state index in [0.717, 1.165) is 23.3 Å². The summed E-state index contributed by atoms with van der Waals surface area (Å²) in [6.45, 7) is 1.86. The third-order valence-electron chi connectivity index (χ3n) is 3.83. The van der Waals surface area contributed by atoms with E-state index in [1.54, 1.807) is 5.01 Å². The summed E-state index contributed by atoms with van der Waals surface area (Å²) in [5.41, 5.74) is 3.04. The Kier molecular flexibility index (Phi) is 4.25. The highest BCUT2D eigenvalue weighted by molar-refractivity contribution is 6.30. The van der Waals surface area contributed by atoms with E-state index < -0.39 is 0 Å². The highest BCUT2D eigenvalue weighted by Crippen LogP contribution is 2.33. The van der Waals surface area contributed by atoms with E-state index in [0.29, 0.717) is 11.4 Å². The number of hydrogen-bond donors (Lipinski definition) is 0. The van der Waals surface area contributed by atoms with Gasteiger partial charge in [-0.15, -0.1) is 0 Å². The van der Waals surface area contributed by atoms with Gasteiger partial charge in [-0.05, 0) is 23.3 Å². The molecule has 3 rings (SSSR count). The summed E-state index contributed by atoms with van der Waals surface area (Å²) in [4.78, 5) is 12.2. The van der Waals surface area contributed by atoms with Crippen LogP contribution in [0.25, 0.3) is 0 Å². The monoisotopic (exact) mass is 312 g/mol. The molecule has 3 nitrogen and oxygen atoms in total. The number of benzene rings is 2. The van der Waals surface area contributed by atoms with Gasteiger partial charge in [0.05, 0.1) is 11.8 Å². The van der Waals surface area contributed by atoms with Gasteiger partial charge >= 0.3 is 0 Å². The molecule has 4 heteroatoms. The molecule has 2 aromatic rings. The van der Waals surface area contributed by atoms with Gasteiger partial charge in [0.15, 0.2) is 0 Å². The van der Waals surface area contributed by atoms with Crippen molar-refractivity contribution in [2.75, 3.05) is 0 Å². The van der Waals surface area contributed by atoms with Gasteiger partial charge in [-0.1, -0.05) is 61.0 Å². The van der Waals surface area contributed by atoms with Gasteiger partial charge in [-0.2, -0.15) is 5.10 Å². The number of halogens is 1. The van der Waals surface area contributed by atoms with E-state index in [1.165, 1.54) is 0 Å². The molecule has 0 saturated carbocycles. The van der Waals surface area contributed by atoms with Crippen molar-refractivity contribution < 1.29 is 4.79 Å². The van der Waals surface area contributed by atoms with Gasteiger partial charge in [0.1, 0.15) is 0 Å². The van der Waals surface area contributed by atoms with Crippen LogP contribution in [0.1, 0.15) is 36.9 Å². The normalized spacial score (nSPS) is 17.5. The number of hydrazone groups is 1. The highest BCUT2D eigenvalue weighted by Gasteiger charge is 2.32. The number of rotatable bonds is 3. The minimum absolute atomic E-state index is 0.0284. The summed E-state index contributed by atoms with van der Waals surface area (Å²) in [6.07, 6.45) is 1.16. The molecule has 2 aromatic carbocycles. The SMILES string of the molecule is CCC(=O)N1N=C(c2ccc(Cl)cc2)C[C@H]1c1ccccc1. The van der Waals surface area contributed by atoms with Crippen LogP contribution in [0, 0.1) is 0 Å². The molecule has 0 aromatic heterocycles. The molecule has 112 valence electrons. The summed E-state index contributed by atoms with van der Waals surface area (Å²) in [7, 11) is 0. The lowest BCUT2D eigenvalue weighted by atomic mass is 9.98. The van der Waals surface area contributed by atoms with Crippen LogP contribution >= 0.6 is 11.6 Å². The quantitative estimate of drug-likeness (QED) is 0.825. The lowest BCUT2D eigenvalue weighted by Gasteiger charge is -2.21. The fourth-order valence-electron chi connectivity index (χ4n) is 2.65. The molecular weight excluding hydrogens is 296 g/mol. The lowest BCUT2D eigenvalue weighted by Crippen LogP contribution is -2.26. The molecule has 1 amide bonds. The first kappa shape index (κ1) is 14.8. The maximum atomic E-state index is 12.2. The predicted octanol–water partition coefficient (Wildman–Crippen LogP) is 4.43. The molecule has 1 aliphatic heterocycles. The van der Waals surface area contributed by atoms with Crippen molar-refractivity contribution in [1.82, 2.24) is 5.01 Å². The van der Waals surface area contributed by atoms with E-state index in [1.807, 2.05) is 61.5 Å². The molecule has 1 aliphatic rings. The van der Waals surface area contributed by atoms with Gasteiger partial charge in [-0.25, -0.2) is 5.01 Å². The van der Waals surface area contributed by atoms with E-state index in [4.69, 9.17) is 11.6 Å². The molecule has 0 fully saturated rings. The molecule has 0 unspecified atom stereocenters. The van der Waals surface area contributed by atoms with Crippen molar-refractivity contribution in [2.24, 2.45) is 5.10 Å². The molecule has 1 atom stereocenters. The van der Waals surface area contributed by atoms with Crippen molar-refractivity contribution in [3.05, 3.63) is 70.7 Å². The van der Waals surface area contributed by atoms with Crippen LogP contribution in [0.15, 0.2) is 59.7 Å². The van der Waals surface area contributed by atoms with E-state index in [9.17, 15) is 4.79 Å². The maximum Gasteiger partial charge on any atom is 0.242 e. The molecule has 0 radical (unpaired) electrons. The summed E-state index contributed by atoms with van der Waals surface area (Å²) in [6, 6.07) is 17.6. The smallest absolute Gasteiger partial charge is 0.242 e. The summed E-state index contributed by atoms with van der Waals surface area (Å²) in [5.74, 6) is 0.0396. The van der Waals surface area contributed by atoms with E-state index >= 15 is 0 Å². The van der Waals surface area contributed by atoms with Crippen LogP contribution in [0.5, 0.6) is 0 Å². The Hall–Kier alpha value is -2.13. The zero-order valence-electron chi connectivity index (χ0n) is 12.4. The van der Waals surface area contributed by atoms with Crippen molar-refractivity contribution in [3.8, 4) is 0 Å². The number of carbonyl (C=O) groups is 1. The second-order valence-corrected chi connectivity index (χ2v) is 5.71. The first-order valence-electron chi connectivity index (χ1n) is 7.39. The van der Waals surface area contributed by atoms with Crippen LogP contribution < -0.4 is 0 Å². The molecule has 1 heterocycles. The zero-order valence-corrected chi connectivity index (χ0v) is 13.1. The largest absolute Gasteiger partial charge is 0.273 e. The van der Waals surface area contributed by atoms with Gasteiger partial charge in [0.2, 0.25) is 5.91 Å². The molecule has 0 spiro atoms. The van der Waals surface area contributed by atoms with Gasteiger partial charge in [0, 0.05) is 17.9 Å². The molecule has 0 saturated heterocycles. The Morgan fingerprint density at radius 3 is 2.50 bits per heavy atom. The predicted molar refractivity (Wildman–Crippen MR) is 88.9 cm³/mol. The van der Waals surface area contributed by atoms with E-state index in [2.05, 4.69) is 5.10 Å². The average molecular weight is 313 g/mol. The Labute approximate surface area is 135 Å². The minimum Gasteiger partial charge on any atom is -0.273 e. The molecule has 0 aliphatic carbocycles. The van der Waals surface area contributed by atoms with Crippen LogP contribution in [0.2, 0.25) is 5.02 Å². The van der Waals surface area contributed by atoms with Gasteiger partial charge < -0.3 is 0 Å².